The number of aliphatic hydroxyl groups is 1. The summed E-state index contributed by atoms with van der Waals surface area (Å²) in [6.07, 6.45) is 3.25. The summed E-state index contributed by atoms with van der Waals surface area (Å²) in [6.45, 7) is 4.24. The average molecular weight is 481 g/mol. The van der Waals surface area contributed by atoms with Crippen LogP contribution in [-0.2, 0) is 17.6 Å². The van der Waals surface area contributed by atoms with Gasteiger partial charge >= 0.3 is 5.97 Å². The highest BCUT2D eigenvalue weighted by molar-refractivity contribution is 7.11. The molecule has 170 valence electrons. The summed E-state index contributed by atoms with van der Waals surface area (Å²) in [4.78, 5) is 18.9. The molecule has 0 amide bonds. The van der Waals surface area contributed by atoms with Crippen LogP contribution in [0.5, 0.6) is 0 Å². The highest BCUT2D eigenvalue weighted by Crippen LogP contribution is 2.37. The molecule has 1 aromatic heterocycles. The number of halogens is 1. The fourth-order valence-corrected chi connectivity index (χ4v) is 5.11. The Morgan fingerprint density at radius 1 is 1.12 bits per heavy atom. The van der Waals surface area contributed by atoms with Gasteiger partial charge in [0.15, 0.2) is 0 Å². The number of benzene rings is 2. The zero-order valence-electron chi connectivity index (χ0n) is 18.5. The van der Waals surface area contributed by atoms with E-state index >= 15 is 0 Å². The number of hydrogen-bond acceptors (Lipinski definition) is 5. The number of rotatable bonds is 7. The summed E-state index contributed by atoms with van der Waals surface area (Å²) in [5.74, 6) is -1.07. The van der Waals surface area contributed by atoms with Gasteiger partial charge in [0.05, 0.1) is 30.1 Å². The number of thiazole rings is 1. The number of anilines is 1. The van der Waals surface area contributed by atoms with Crippen molar-refractivity contribution in [3.8, 4) is 11.3 Å². The lowest BCUT2D eigenvalue weighted by Crippen LogP contribution is -2.33. The molecule has 0 spiro atoms. The van der Waals surface area contributed by atoms with Crippen LogP contribution in [-0.4, -0.2) is 34.3 Å². The van der Waals surface area contributed by atoms with Crippen LogP contribution in [0.15, 0.2) is 65.2 Å². The third-order valence-electron chi connectivity index (χ3n) is 5.82. The van der Waals surface area contributed by atoms with Crippen LogP contribution < -0.4 is 4.90 Å². The molecular weight excluding hydrogens is 456 g/mol. The van der Waals surface area contributed by atoms with Crippen LogP contribution in [0.3, 0.4) is 0 Å². The van der Waals surface area contributed by atoms with Gasteiger partial charge < -0.3 is 15.1 Å². The van der Waals surface area contributed by atoms with Crippen molar-refractivity contribution in [1.82, 2.24) is 4.98 Å². The quantitative estimate of drug-likeness (QED) is 0.445. The van der Waals surface area contributed by atoms with Gasteiger partial charge in [-0.25, -0.2) is 9.78 Å². The average Bonchev–Trinajstić information content (AvgIpc) is 3.33. The number of carbonyl (C=O) groups is 1. The fourth-order valence-electron chi connectivity index (χ4n) is 4.15. The first kappa shape index (κ1) is 23.2. The van der Waals surface area contributed by atoms with Crippen molar-refractivity contribution in [3.05, 3.63) is 86.3 Å². The van der Waals surface area contributed by atoms with Crippen molar-refractivity contribution in [2.75, 3.05) is 18.1 Å². The normalized spacial score (nSPS) is 13.9. The molecule has 7 heteroatoms. The van der Waals surface area contributed by atoms with Crippen LogP contribution in [0.4, 0.5) is 5.69 Å². The smallest absolute Gasteiger partial charge is 0.337 e. The number of carboxylic acid groups (broad SMARTS) is 1. The first-order chi connectivity index (χ1) is 16.0. The fraction of sp³-hybridized carbons (Fsp3) is 0.231. The van der Waals surface area contributed by atoms with Crippen molar-refractivity contribution >= 4 is 40.2 Å². The molecule has 0 fully saturated rings. The van der Waals surface area contributed by atoms with Crippen molar-refractivity contribution in [1.29, 1.82) is 0 Å². The third-order valence-corrected chi connectivity index (χ3v) is 6.99. The molecule has 2 aromatic carbocycles. The molecule has 0 atom stereocenters. The minimum atomic E-state index is -1.07. The minimum Gasteiger partial charge on any atom is -0.478 e. The molecule has 33 heavy (non-hydrogen) atoms. The zero-order chi connectivity index (χ0) is 23.5. The van der Waals surface area contributed by atoms with E-state index in [9.17, 15) is 15.0 Å². The Morgan fingerprint density at radius 3 is 2.36 bits per heavy atom. The predicted octanol–water partition coefficient (Wildman–Crippen LogP) is 5.82. The summed E-state index contributed by atoms with van der Waals surface area (Å²) in [7, 11) is 0. The maximum atomic E-state index is 12.2. The molecule has 1 aliphatic heterocycles. The molecule has 0 bridgehead atoms. The lowest BCUT2D eigenvalue weighted by molar-refractivity contribution is -0.132. The minimum absolute atomic E-state index is 0.0925. The summed E-state index contributed by atoms with van der Waals surface area (Å²) >= 11 is 7.49. The number of aliphatic carboxylic acids is 1. The molecule has 0 saturated heterocycles. The van der Waals surface area contributed by atoms with Crippen molar-refractivity contribution in [2.24, 2.45) is 0 Å². The maximum absolute atomic E-state index is 12.2. The van der Waals surface area contributed by atoms with E-state index in [1.54, 1.807) is 6.08 Å². The number of nitrogens with zero attached hydrogens (tertiary/aromatic N) is 2. The Bertz CT molecular complexity index is 1220. The Hall–Kier alpha value is -2.93. The maximum Gasteiger partial charge on any atom is 0.337 e. The summed E-state index contributed by atoms with van der Waals surface area (Å²) in [5.41, 5.74) is 6.28. The topological polar surface area (TPSA) is 73.7 Å². The Kier molecular flexibility index (Phi) is 6.98. The Labute approximate surface area is 202 Å². The van der Waals surface area contributed by atoms with E-state index in [4.69, 9.17) is 16.6 Å². The van der Waals surface area contributed by atoms with Gasteiger partial charge in [-0.1, -0.05) is 55.8 Å². The van der Waals surface area contributed by atoms with Gasteiger partial charge in [0, 0.05) is 27.2 Å². The molecule has 0 radical (unpaired) electrons. The number of aliphatic hydroxyl groups excluding tert-OH is 1. The first-order valence-corrected chi connectivity index (χ1v) is 12.1. The number of aryl methyl sites for hydroxylation is 2. The molecule has 2 heterocycles. The van der Waals surface area contributed by atoms with Crippen molar-refractivity contribution in [2.45, 2.75) is 26.7 Å². The van der Waals surface area contributed by atoms with E-state index in [1.807, 2.05) is 40.6 Å². The van der Waals surface area contributed by atoms with Gasteiger partial charge in [0.1, 0.15) is 5.01 Å². The SMILES string of the molecule is CCc1cccc(CC)c1N1CC(c2nc(-c3ccc(Cl)cc3)cs2)=CC(C(=O)O)=C1CO. The van der Waals surface area contributed by atoms with Crippen LogP contribution in [0.1, 0.15) is 30.0 Å². The molecule has 3 aromatic rings. The van der Waals surface area contributed by atoms with E-state index in [0.717, 1.165) is 51.5 Å². The first-order valence-electron chi connectivity index (χ1n) is 10.8. The van der Waals surface area contributed by atoms with Gasteiger partial charge in [0.2, 0.25) is 0 Å². The van der Waals surface area contributed by atoms with E-state index in [0.29, 0.717) is 17.3 Å². The second kappa shape index (κ2) is 9.91. The van der Waals surface area contributed by atoms with Crippen LogP contribution in [0.25, 0.3) is 16.8 Å². The van der Waals surface area contributed by atoms with Crippen LogP contribution in [0, 0.1) is 0 Å². The summed E-state index contributed by atoms with van der Waals surface area (Å²) in [5, 5.41) is 23.5. The van der Waals surface area contributed by atoms with E-state index in [1.165, 1.54) is 11.3 Å². The molecule has 0 saturated carbocycles. The van der Waals surface area contributed by atoms with E-state index in [-0.39, 0.29) is 12.2 Å². The lowest BCUT2D eigenvalue weighted by Gasteiger charge is -2.34. The highest BCUT2D eigenvalue weighted by atomic mass is 35.5. The molecule has 0 aliphatic carbocycles. The molecule has 0 unspecified atom stereocenters. The van der Waals surface area contributed by atoms with Gasteiger partial charge in [-0.3, -0.25) is 0 Å². The molecule has 5 nitrogen and oxygen atoms in total. The highest BCUT2D eigenvalue weighted by Gasteiger charge is 2.29. The second-order valence-electron chi connectivity index (χ2n) is 7.76. The van der Waals surface area contributed by atoms with Crippen LogP contribution >= 0.6 is 22.9 Å². The summed E-state index contributed by atoms with van der Waals surface area (Å²) < 4.78 is 0. The number of para-hydroxylation sites is 1. The van der Waals surface area contributed by atoms with Gasteiger partial charge in [-0.05, 0) is 42.2 Å². The molecule has 4 rings (SSSR count). The number of aromatic nitrogens is 1. The lowest BCUT2D eigenvalue weighted by atomic mass is 9.97. The predicted molar refractivity (Wildman–Crippen MR) is 135 cm³/mol. The van der Waals surface area contributed by atoms with Gasteiger partial charge in [-0.2, -0.15) is 0 Å². The number of hydrogen-bond donors (Lipinski definition) is 2. The van der Waals surface area contributed by atoms with E-state index < -0.39 is 5.97 Å². The standard InChI is InChI=1S/C26H25ClN2O3S/c1-3-16-6-5-7-17(4-2)24(16)29-13-19(12-21(26(31)32)23(29)14-30)25-28-22(15-33-25)18-8-10-20(27)11-9-18/h5-12,15,30H,3-4,13-14H2,1-2H3,(H,31,32). The second-order valence-corrected chi connectivity index (χ2v) is 9.05. The number of carboxylic acids is 1. The molecule has 1 aliphatic rings. The third kappa shape index (κ3) is 4.60. The van der Waals surface area contributed by atoms with Gasteiger partial charge in [-0.15, -0.1) is 11.3 Å². The monoisotopic (exact) mass is 480 g/mol. The Balaban J connectivity index is 1.82. The van der Waals surface area contributed by atoms with Gasteiger partial charge in [0.25, 0.3) is 0 Å². The largest absolute Gasteiger partial charge is 0.478 e. The van der Waals surface area contributed by atoms with Crippen molar-refractivity contribution in [3.63, 3.8) is 0 Å². The van der Waals surface area contributed by atoms with E-state index in [2.05, 4.69) is 26.0 Å². The van der Waals surface area contributed by atoms with Crippen LogP contribution in [0.2, 0.25) is 5.02 Å². The zero-order valence-corrected chi connectivity index (χ0v) is 20.1. The molecule has 2 N–H and O–H groups in total. The summed E-state index contributed by atoms with van der Waals surface area (Å²) in [6, 6.07) is 13.6. The van der Waals surface area contributed by atoms with Crippen molar-refractivity contribution < 1.29 is 15.0 Å². The Morgan fingerprint density at radius 2 is 1.79 bits per heavy atom. The molecular formula is C26H25ClN2O3S.